The van der Waals surface area contributed by atoms with E-state index in [-0.39, 0.29) is 18.1 Å². The third-order valence-electron chi connectivity index (χ3n) is 3.27. The van der Waals surface area contributed by atoms with Crippen LogP contribution >= 0.6 is 0 Å². The Bertz CT molecular complexity index is 636. The van der Waals surface area contributed by atoms with Gasteiger partial charge < -0.3 is 10.1 Å². The average Bonchev–Trinajstić information content (AvgIpc) is 2.47. The van der Waals surface area contributed by atoms with Gasteiger partial charge in [0.25, 0.3) is 5.91 Å². The Hall–Kier alpha value is -2.36. The minimum absolute atomic E-state index is 0.0883. The number of para-hydroxylation sites is 1. The van der Waals surface area contributed by atoms with Gasteiger partial charge in [0, 0.05) is 17.5 Å². The molecule has 2 rings (SSSR count). The van der Waals surface area contributed by atoms with Crippen molar-refractivity contribution in [2.24, 2.45) is 0 Å². The van der Waals surface area contributed by atoms with Gasteiger partial charge in [0.1, 0.15) is 5.75 Å². The minimum Gasteiger partial charge on any atom is -0.491 e. The molecular formula is C18H22N2O2. The zero-order valence-electron chi connectivity index (χ0n) is 13.5. The van der Waals surface area contributed by atoms with Crippen LogP contribution in [0.5, 0.6) is 5.75 Å². The lowest BCUT2D eigenvalue weighted by molar-refractivity contribution is 0.0939. The van der Waals surface area contributed by atoms with E-state index in [0.29, 0.717) is 5.56 Å². The van der Waals surface area contributed by atoms with Crippen molar-refractivity contribution in [1.29, 1.82) is 0 Å². The highest BCUT2D eigenvalue weighted by Gasteiger charge is 2.15. The first kappa shape index (κ1) is 16.0. The lowest BCUT2D eigenvalue weighted by atomic mass is 10.1. The summed E-state index contributed by atoms with van der Waals surface area (Å²) in [5.74, 6) is 0.659. The maximum atomic E-state index is 12.3. The third-order valence-corrected chi connectivity index (χ3v) is 3.27. The summed E-state index contributed by atoms with van der Waals surface area (Å²) in [6.45, 7) is 7.81. The van der Waals surface area contributed by atoms with Crippen molar-refractivity contribution in [3.63, 3.8) is 0 Å². The first-order valence-corrected chi connectivity index (χ1v) is 7.46. The minimum atomic E-state index is -0.149. The zero-order chi connectivity index (χ0) is 16.1. The van der Waals surface area contributed by atoms with Crippen molar-refractivity contribution in [2.45, 2.75) is 39.8 Å². The molecule has 1 atom stereocenters. The maximum Gasteiger partial charge on any atom is 0.253 e. The molecule has 2 aromatic rings. The summed E-state index contributed by atoms with van der Waals surface area (Å²) >= 11 is 0. The van der Waals surface area contributed by atoms with Crippen LogP contribution in [0.4, 0.5) is 0 Å². The fraction of sp³-hybridized carbons (Fsp3) is 0.333. The Balaban J connectivity index is 2.13. The predicted molar refractivity (Wildman–Crippen MR) is 87.1 cm³/mol. The van der Waals surface area contributed by atoms with E-state index in [4.69, 9.17) is 4.74 Å². The number of benzene rings is 1. The Morgan fingerprint density at radius 3 is 2.50 bits per heavy atom. The number of aryl methyl sites for hydroxylation is 1. The summed E-state index contributed by atoms with van der Waals surface area (Å²) in [5.41, 5.74) is 2.41. The zero-order valence-corrected chi connectivity index (χ0v) is 13.5. The van der Waals surface area contributed by atoms with Gasteiger partial charge in [-0.25, -0.2) is 0 Å². The number of hydrogen-bond donors (Lipinski definition) is 1. The molecule has 0 unspecified atom stereocenters. The van der Waals surface area contributed by atoms with Crippen LogP contribution < -0.4 is 10.1 Å². The largest absolute Gasteiger partial charge is 0.491 e. The summed E-state index contributed by atoms with van der Waals surface area (Å²) in [6.07, 6.45) is 1.68. The van der Waals surface area contributed by atoms with Crippen LogP contribution in [0.15, 0.2) is 42.6 Å². The Kier molecular flexibility index (Phi) is 5.15. The van der Waals surface area contributed by atoms with E-state index >= 15 is 0 Å². The quantitative estimate of drug-likeness (QED) is 0.916. The second kappa shape index (κ2) is 7.07. The Morgan fingerprint density at radius 2 is 1.86 bits per heavy atom. The second-order valence-electron chi connectivity index (χ2n) is 5.59. The highest BCUT2D eigenvalue weighted by Crippen LogP contribution is 2.26. The van der Waals surface area contributed by atoms with Crippen molar-refractivity contribution < 1.29 is 9.53 Å². The van der Waals surface area contributed by atoms with Crippen LogP contribution in [0, 0.1) is 6.92 Å². The molecule has 4 heteroatoms. The first-order valence-electron chi connectivity index (χ1n) is 7.46. The van der Waals surface area contributed by atoms with E-state index in [1.54, 1.807) is 12.3 Å². The molecule has 0 radical (unpaired) electrons. The third kappa shape index (κ3) is 4.07. The molecule has 116 valence electrons. The highest BCUT2D eigenvalue weighted by atomic mass is 16.5. The molecule has 0 spiro atoms. The van der Waals surface area contributed by atoms with Gasteiger partial charge in [-0.15, -0.1) is 0 Å². The summed E-state index contributed by atoms with van der Waals surface area (Å²) in [4.78, 5) is 16.4. The second-order valence-corrected chi connectivity index (χ2v) is 5.59. The fourth-order valence-electron chi connectivity index (χ4n) is 2.16. The van der Waals surface area contributed by atoms with Gasteiger partial charge >= 0.3 is 0 Å². The van der Waals surface area contributed by atoms with Crippen LogP contribution in [-0.4, -0.2) is 17.0 Å². The summed E-state index contributed by atoms with van der Waals surface area (Å²) < 4.78 is 5.81. The number of nitrogens with one attached hydrogen (secondary N) is 1. The number of hydrogen-bond acceptors (Lipinski definition) is 3. The van der Waals surface area contributed by atoms with Crippen LogP contribution in [0.1, 0.15) is 48.4 Å². The monoisotopic (exact) mass is 298 g/mol. The van der Waals surface area contributed by atoms with Gasteiger partial charge in [-0.2, -0.15) is 0 Å². The number of carbonyl (C=O) groups is 1. The predicted octanol–water partition coefficient (Wildman–Crippen LogP) is 3.67. The van der Waals surface area contributed by atoms with Gasteiger partial charge in [-0.05, 0) is 45.9 Å². The van der Waals surface area contributed by atoms with Gasteiger partial charge in [0.15, 0.2) is 0 Å². The van der Waals surface area contributed by atoms with E-state index in [2.05, 4.69) is 10.3 Å². The summed E-state index contributed by atoms with van der Waals surface area (Å²) in [6, 6.07) is 11.2. The lowest BCUT2D eigenvalue weighted by Crippen LogP contribution is -2.27. The van der Waals surface area contributed by atoms with Crippen LogP contribution in [-0.2, 0) is 0 Å². The van der Waals surface area contributed by atoms with E-state index in [1.807, 2.05) is 58.0 Å². The van der Waals surface area contributed by atoms with Crippen molar-refractivity contribution in [3.05, 3.63) is 59.4 Å². The first-order chi connectivity index (χ1) is 10.5. The number of carbonyl (C=O) groups excluding carboxylic acids is 1. The number of rotatable bonds is 5. The van der Waals surface area contributed by atoms with E-state index in [9.17, 15) is 4.79 Å². The number of amides is 1. The standard InChI is InChI=1S/C18H22N2O2/c1-12(2)22-17-8-6-5-7-16(17)14(4)20-18(21)15-10-9-13(3)19-11-15/h5-12,14H,1-4H3,(H,20,21)/t14-/m0/s1. The van der Waals surface area contributed by atoms with Gasteiger partial charge in [0.05, 0.1) is 17.7 Å². The van der Waals surface area contributed by atoms with Gasteiger partial charge in [0.2, 0.25) is 0 Å². The van der Waals surface area contributed by atoms with Crippen LogP contribution in [0.2, 0.25) is 0 Å². The molecule has 1 heterocycles. The van der Waals surface area contributed by atoms with Crippen molar-refractivity contribution in [2.75, 3.05) is 0 Å². The Labute approximate surface area is 131 Å². The summed E-state index contributed by atoms with van der Waals surface area (Å²) in [5, 5.41) is 2.99. The smallest absolute Gasteiger partial charge is 0.253 e. The normalized spacial score (nSPS) is 12.0. The molecule has 0 saturated heterocycles. The number of aromatic nitrogens is 1. The molecule has 22 heavy (non-hydrogen) atoms. The topological polar surface area (TPSA) is 51.2 Å². The molecule has 1 aromatic heterocycles. The number of nitrogens with zero attached hydrogens (tertiary/aromatic N) is 1. The molecule has 1 aromatic carbocycles. The lowest BCUT2D eigenvalue weighted by Gasteiger charge is -2.19. The molecule has 0 aliphatic rings. The maximum absolute atomic E-state index is 12.3. The fourth-order valence-corrected chi connectivity index (χ4v) is 2.16. The molecule has 1 N–H and O–H groups in total. The van der Waals surface area contributed by atoms with Crippen molar-refractivity contribution >= 4 is 5.91 Å². The van der Waals surface area contributed by atoms with E-state index in [0.717, 1.165) is 17.0 Å². The molecule has 0 saturated carbocycles. The molecule has 0 fully saturated rings. The van der Waals surface area contributed by atoms with Crippen LogP contribution in [0.3, 0.4) is 0 Å². The SMILES string of the molecule is Cc1ccc(C(=O)N[C@@H](C)c2ccccc2OC(C)C)cn1. The highest BCUT2D eigenvalue weighted by molar-refractivity contribution is 5.94. The molecule has 0 aliphatic carbocycles. The molecule has 1 amide bonds. The van der Waals surface area contributed by atoms with Gasteiger partial charge in [-0.3, -0.25) is 9.78 Å². The van der Waals surface area contributed by atoms with E-state index in [1.165, 1.54) is 0 Å². The van der Waals surface area contributed by atoms with Crippen molar-refractivity contribution in [3.8, 4) is 5.75 Å². The molecule has 4 nitrogen and oxygen atoms in total. The van der Waals surface area contributed by atoms with E-state index < -0.39 is 0 Å². The number of pyridine rings is 1. The van der Waals surface area contributed by atoms with Crippen molar-refractivity contribution in [1.82, 2.24) is 10.3 Å². The molecule has 0 bridgehead atoms. The van der Waals surface area contributed by atoms with Crippen LogP contribution in [0.25, 0.3) is 0 Å². The Morgan fingerprint density at radius 1 is 1.14 bits per heavy atom. The number of ether oxygens (including phenoxy) is 1. The average molecular weight is 298 g/mol. The van der Waals surface area contributed by atoms with Gasteiger partial charge in [-0.1, -0.05) is 18.2 Å². The molecule has 0 aliphatic heterocycles. The molecular weight excluding hydrogens is 276 g/mol. The summed E-state index contributed by atoms with van der Waals surface area (Å²) in [7, 11) is 0.